The van der Waals surface area contributed by atoms with E-state index in [-0.39, 0.29) is 11.8 Å². The molecule has 0 aromatic rings. The van der Waals surface area contributed by atoms with Gasteiger partial charge in [-0.1, -0.05) is 26.7 Å². The van der Waals surface area contributed by atoms with Crippen LogP contribution < -0.4 is 0 Å². The minimum absolute atomic E-state index is 0.00472. The molecule has 1 aliphatic rings. The fourth-order valence-electron chi connectivity index (χ4n) is 2.26. The number of unbranched alkanes of at least 4 members (excludes halogenated alkanes) is 1. The van der Waals surface area contributed by atoms with Gasteiger partial charge >= 0.3 is 5.97 Å². The van der Waals surface area contributed by atoms with Crippen LogP contribution in [0.5, 0.6) is 0 Å². The molecule has 0 spiro atoms. The summed E-state index contributed by atoms with van der Waals surface area (Å²) in [5, 5.41) is 9.18. The van der Waals surface area contributed by atoms with Gasteiger partial charge in [0, 0.05) is 24.0 Å². The molecule has 2 unspecified atom stereocenters. The first-order valence-corrected chi connectivity index (χ1v) is 7.88. The van der Waals surface area contributed by atoms with Gasteiger partial charge in [0.2, 0.25) is 5.91 Å². The van der Waals surface area contributed by atoms with Crippen LogP contribution in [0.4, 0.5) is 0 Å². The van der Waals surface area contributed by atoms with Crippen molar-refractivity contribution in [2.75, 3.05) is 18.1 Å². The summed E-state index contributed by atoms with van der Waals surface area (Å²) in [6, 6.07) is -0.632. The standard InChI is InChI=1S/C13H23NO3S/c1-3-5-6-10(4-2)12(15)14-7-8-18-9-11(14)13(16)17/h10-11H,3-9H2,1-2H3,(H,16,17). The molecule has 4 nitrogen and oxygen atoms in total. The maximum atomic E-state index is 12.4. The predicted octanol–water partition coefficient (Wildman–Crippen LogP) is 2.23. The van der Waals surface area contributed by atoms with Crippen molar-refractivity contribution in [2.24, 2.45) is 5.92 Å². The number of hydrogen-bond acceptors (Lipinski definition) is 3. The normalized spacial score (nSPS) is 21.7. The zero-order chi connectivity index (χ0) is 13.5. The molecule has 2 atom stereocenters. The fraction of sp³-hybridized carbons (Fsp3) is 0.846. The Bertz CT molecular complexity index is 296. The van der Waals surface area contributed by atoms with Crippen molar-refractivity contribution in [1.82, 2.24) is 4.90 Å². The van der Waals surface area contributed by atoms with Crippen molar-refractivity contribution < 1.29 is 14.7 Å². The summed E-state index contributed by atoms with van der Waals surface area (Å²) < 4.78 is 0. The summed E-state index contributed by atoms with van der Waals surface area (Å²) >= 11 is 1.61. The second-order valence-electron chi connectivity index (χ2n) is 4.71. The predicted molar refractivity (Wildman–Crippen MR) is 73.8 cm³/mol. The minimum Gasteiger partial charge on any atom is -0.480 e. The summed E-state index contributed by atoms with van der Waals surface area (Å²) in [5.41, 5.74) is 0. The summed E-state index contributed by atoms with van der Waals surface area (Å²) in [5.74, 6) is 0.528. The smallest absolute Gasteiger partial charge is 0.327 e. The average Bonchev–Trinajstić information content (AvgIpc) is 2.39. The van der Waals surface area contributed by atoms with E-state index in [1.807, 2.05) is 6.92 Å². The quantitative estimate of drug-likeness (QED) is 0.806. The number of nitrogens with zero attached hydrogens (tertiary/aromatic N) is 1. The molecule has 0 aromatic heterocycles. The van der Waals surface area contributed by atoms with Gasteiger partial charge in [-0.3, -0.25) is 4.79 Å². The second kappa shape index (κ2) is 7.67. The highest BCUT2D eigenvalue weighted by Gasteiger charge is 2.34. The van der Waals surface area contributed by atoms with Crippen LogP contribution in [0.3, 0.4) is 0 Å². The van der Waals surface area contributed by atoms with E-state index >= 15 is 0 Å². The molecule has 1 rings (SSSR count). The number of amides is 1. The summed E-state index contributed by atoms with van der Waals surface area (Å²) in [4.78, 5) is 25.2. The van der Waals surface area contributed by atoms with Gasteiger partial charge in [0.05, 0.1) is 0 Å². The lowest BCUT2D eigenvalue weighted by Gasteiger charge is -2.35. The van der Waals surface area contributed by atoms with Gasteiger partial charge in [0.25, 0.3) is 0 Å². The molecule has 0 radical (unpaired) electrons. The van der Waals surface area contributed by atoms with Crippen molar-refractivity contribution in [3.05, 3.63) is 0 Å². The van der Waals surface area contributed by atoms with Crippen molar-refractivity contribution in [2.45, 2.75) is 45.6 Å². The van der Waals surface area contributed by atoms with E-state index in [1.54, 1.807) is 16.7 Å². The summed E-state index contributed by atoms with van der Waals surface area (Å²) in [6.07, 6.45) is 3.78. The van der Waals surface area contributed by atoms with Crippen molar-refractivity contribution in [1.29, 1.82) is 0 Å². The third-order valence-electron chi connectivity index (χ3n) is 3.44. The Labute approximate surface area is 113 Å². The topological polar surface area (TPSA) is 57.6 Å². The van der Waals surface area contributed by atoms with Gasteiger partial charge < -0.3 is 10.0 Å². The number of hydrogen-bond donors (Lipinski definition) is 1. The van der Waals surface area contributed by atoms with Crippen LogP contribution in [0.1, 0.15) is 39.5 Å². The third-order valence-corrected chi connectivity index (χ3v) is 4.47. The molecule has 1 fully saturated rings. The lowest BCUT2D eigenvalue weighted by Crippen LogP contribution is -2.52. The monoisotopic (exact) mass is 273 g/mol. The first-order chi connectivity index (χ1) is 8.61. The maximum absolute atomic E-state index is 12.4. The Hall–Kier alpha value is -0.710. The zero-order valence-electron chi connectivity index (χ0n) is 11.2. The Morgan fingerprint density at radius 1 is 1.44 bits per heavy atom. The molecule has 0 aromatic carbocycles. The fourth-order valence-corrected chi connectivity index (χ4v) is 3.30. The van der Waals surface area contributed by atoms with E-state index in [2.05, 4.69) is 6.92 Å². The molecule has 0 saturated carbocycles. The van der Waals surface area contributed by atoms with Crippen molar-refractivity contribution in [3.63, 3.8) is 0 Å². The van der Waals surface area contributed by atoms with Crippen molar-refractivity contribution in [3.8, 4) is 0 Å². The number of thioether (sulfide) groups is 1. The SMILES string of the molecule is CCCCC(CC)C(=O)N1CCSCC1C(=O)O. The number of carbonyl (C=O) groups excluding carboxylic acids is 1. The molecule has 104 valence electrons. The Kier molecular flexibility index (Phi) is 6.54. The molecule has 1 saturated heterocycles. The Morgan fingerprint density at radius 3 is 2.72 bits per heavy atom. The van der Waals surface area contributed by atoms with Crippen LogP contribution in [0.15, 0.2) is 0 Å². The second-order valence-corrected chi connectivity index (χ2v) is 5.86. The highest BCUT2D eigenvalue weighted by atomic mass is 32.2. The van der Waals surface area contributed by atoms with Crippen LogP contribution in [-0.2, 0) is 9.59 Å². The summed E-state index contributed by atoms with van der Waals surface area (Å²) in [6.45, 7) is 4.69. The maximum Gasteiger partial charge on any atom is 0.327 e. The van der Waals surface area contributed by atoms with E-state index in [0.29, 0.717) is 12.3 Å². The van der Waals surface area contributed by atoms with Gasteiger partial charge in [-0.15, -0.1) is 0 Å². The van der Waals surface area contributed by atoms with E-state index in [1.165, 1.54) is 0 Å². The first-order valence-electron chi connectivity index (χ1n) is 6.72. The van der Waals surface area contributed by atoms with Crippen LogP contribution in [0.2, 0.25) is 0 Å². The van der Waals surface area contributed by atoms with Crippen molar-refractivity contribution >= 4 is 23.6 Å². The molecule has 5 heteroatoms. The number of carboxylic acid groups (broad SMARTS) is 1. The van der Waals surface area contributed by atoms with E-state index in [4.69, 9.17) is 0 Å². The van der Waals surface area contributed by atoms with Gasteiger partial charge in [0.15, 0.2) is 0 Å². The zero-order valence-corrected chi connectivity index (χ0v) is 12.0. The highest BCUT2D eigenvalue weighted by Crippen LogP contribution is 2.22. The number of carboxylic acids is 1. The largest absolute Gasteiger partial charge is 0.480 e. The van der Waals surface area contributed by atoms with Crippen LogP contribution in [0, 0.1) is 5.92 Å². The van der Waals surface area contributed by atoms with E-state index < -0.39 is 12.0 Å². The average molecular weight is 273 g/mol. The Morgan fingerprint density at radius 2 is 2.17 bits per heavy atom. The molecule has 1 heterocycles. The number of rotatable bonds is 6. The molecule has 0 aliphatic carbocycles. The third kappa shape index (κ3) is 3.90. The minimum atomic E-state index is -0.874. The lowest BCUT2D eigenvalue weighted by atomic mass is 9.97. The lowest BCUT2D eigenvalue weighted by molar-refractivity contribution is -0.151. The molecular weight excluding hydrogens is 250 g/mol. The number of carbonyl (C=O) groups is 2. The molecule has 0 bridgehead atoms. The van der Waals surface area contributed by atoms with Crippen LogP contribution >= 0.6 is 11.8 Å². The van der Waals surface area contributed by atoms with Gasteiger partial charge in [0.1, 0.15) is 6.04 Å². The van der Waals surface area contributed by atoms with Crippen LogP contribution in [0.25, 0.3) is 0 Å². The molecule has 1 N–H and O–H groups in total. The molecule has 1 amide bonds. The van der Waals surface area contributed by atoms with E-state index in [0.717, 1.165) is 31.4 Å². The summed E-state index contributed by atoms with van der Waals surface area (Å²) in [7, 11) is 0. The first kappa shape index (κ1) is 15.3. The number of aliphatic carboxylic acids is 1. The van der Waals surface area contributed by atoms with Crippen LogP contribution in [-0.4, -0.2) is 46.0 Å². The highest BCUT2D eigenvalue weighted by molar-refractivity contribution is 7.99. The van der Waals surface area contributed by atoms with Gasteiger partial charge in [-0.05, 0) is 12.8 Å². The van der Waals surface area contributed by atoms with E-state index in [9.17, 15) is 14.7 Å². The molecule has 1 aliphatic heterocycles. The van der Waals surface area contributed by atoms with Gasteiger partial charge in [-0.2, -0.15) is 11.8 Å². The van der Waals surface area contributed by atoms with Gasteiger partial charge in [-0.25, -0.2) is 4.79 Å². The molecule has 18 heavy (non-hydrogen) atoms. The molecular formula is C13H23NO3S. The Balaban J connectivity index is 2.68.